The molecular formula is C35H45F3N5O23P. The second-order valence-electron chi connectivity index (χ2n) is 14.1. The molecule has 0 spiro atoms. The van der Waals surface area contributed by atoms with E-state index >= 15 is 0 Å². The smallest absolute Gasteiger partial charge is 0.465 e. The van der Waals surface area contributed by atoms with Gasteiger partial charge in [0.2, 0.25) is 5.91 Å². The molecule has 3 heterocycles. The number of anilines is 1. The van der Waals surface area contributed by atoms with Crippen molar-refractivity contribution in [3.05, 3.63) is 22.7 Å². The lowest BCUT2D eigenvalue weighted by atomic mass is 9.88. The number of halogens is 3. The van der Waals surface area contributed by atoms with Crippen molar-refractivity contribution in [2.75, 3.05) is 32.6 Å². The summed E-state index contributed by atoms with van der Waals surface area (Å²) in [4.78, 5) is 140. The monoisotopic (exact) mass is 991 g/mol. The highest BCUT2D eigenvalue weighted by molar-refractivity contribution is 7.47. The van der Waals surface area contributed by atoms with E-state index in [2.05, 4.69) is 10.3 Å². The standard InChI is InChI=1S/C35H45F3N5O23P/c1-14(44)57-12-21(60-16(3)46)26(61-17(4)47)28-25(42-24(50)11-40-31(51)35(36,37)38)20(59-15(2)45)10-34(65-28,32(52)56-7)66-67(54,55)58-13-22-27(62-18(5)48)29(63-19(6)49)30(64-22)43-9-8-23(39)41-33(43)53/h8-9,20-22,25-30H,10-13H2,1-7H3,(H,40,51)(H,42,50)(H,54,55)(H2,39,41,53)/t20-,21+,22+,25+,26+,27+,28+,29+,30+,34+/m0/s1. The number of carbonyl (C=O) groups is 9. The van der Waals surface area contributed by atoms with Crippen LogP contribution in [-0.2, 0) is 99.4 Å². The van der Waals surface area contributed by atoms with Gasteiger partial charge >= 0.3 is 67.4 Å². The molecule has 1 unspecified atom stereocenters. The minimum absolute atomic E-state index is 0.241. The third-order valence-corrected chi connectivity index (χ3v) is 9.80. The molecule has 1 aromatic heterocycles. The number of rotatable bonds is 19. The molecule has 2 saturated heterocycles. The highest BCUT2D eigenvalue weighted by atomic mass is 31.2. The zero-order valence-electron chi connectivity index (χ0n) is 36.2. The van der Waals surface area contributed by atoms with Crippen molar-refractivity contribution >= 4 is 67.2 Å². The van der Waals surface area contributed by atoms with Gasteiger partial charge in [-0.2, -0.15) is 18.2 Å². The normalized spacial score (nSPS) is 25.4. The van der Waals surface area contributed by atoms with Crippen molar-refractivity contribution in [2.45, 2.75) is 115 Å². The van der Waals surface area contributed by atoms with Gasteiger partial charge in [-0.05, 0) is 6.07 Å². The number of methoxy groups -OCH3 is 1. The van der Waals surface area contributed by atoms with Crippen molar-refractivity contribution in [1.82, 2.24) is 20.2 Å². The number of nitrogen functional groups attached to an aromatic ring is 1. The number of ether oxygens (including phenoxy) is 9. The largest absolute Gasteiger partial charge is 0.475 e. The van der Waals surface area contributed by atoms with Crippen LogP contribution in [0.15, 0.2) is 17.1 Å². The zero-order chi connectivity index (χ0) is 50.8. The number of hydrogen-bond donors (Lipinski definition) is 4. The summed E-state index contributed by atoms with van der Waals surface area (Å²) >= 11 is 0. The molecule has 28 nitrogen and oxygen atoms in total. The molecule has 2 aliphatic heterocycles. The number of esters is 7. The van der Waals surface area contributed by atoms with E-state index in [0.29, 0.717) is 7.11 Å². The van der Waals surface area contributed by atoms with Crippen LogP contribution in [0.25, 0.3) is 0 Å². The molecule has 2 amide bonds. The molecule has 11 atom stereocenters. The quantitative estimate of drug-likeness (QED) is 0.0655. The van der Waals surface area contributed by atoms with E-state index in [9.17, 15) is 70.6 Å². The van der Waals surface area contributed by atoms with Gasteiger partial charge in [-0.25, -0.2) is 18.7 Å². The van der Waals surface area contributed by atoms with Gasteiger partial charge in [0.05, 0.1) is 32.7 Å². The maximum absolute atomic E-state index is 14.0. The van der Waals surface area contributed by atoms with E-state index in [1.165, 1.54) is 5.32 Å². The summed E-state index contributed by atoms with van der Waals surface area (Å²) in [5.41, 5.74) is 4.50. The number of nitrogens with two attached hydrogens (primary N) is 1. The average molecular weight is 992 g/mol. The number of carbonyl (C=O) groups excluding carboxylic acids is 9. The summed E-state index contributed by atoms with van der Waals surface area (Å²) in [6.07, 6.45) is -21.4. The molecule has 32 heteroatoms. The predicted molar refractivity (Wildman–Crippen MR) is 203 cm³/mol. The van der Waals surface area contributed by atoms with E-state index < -0.39 is 160 Å². The van der Waals surface area contributed by atoms with Gasteiger partial charge in [0.15, 0.2) is 30.6 Å². The average Bonchev–Trinajstić information content (AvgIpc) is 3.50. The summed E-state index contributed by atoms with van der Waals surface area (Å²) in [5, 5.41) is 3.35. The summed E-state index contributed by atoms with van der Waals surface area (Å²) in [6.45, 7) is 1.43. The highest BCUT2D eigenvalue weighted by Crippen LogP contribution is 2.52. The number of hydrogen-bond acceptors (Lipinski definition) is 24. The van der Waals surface area contributed by atoms with Gasteiger partial charge in [-0.15, -0.1) is 0 Å². The molecule has 2 fully saturated rings. The molecule has 3 rings (SSSR count). The maximum Gasteiger partial charge on any atom is 0.475 e. The number of amides is 2. The Morgan fingerprint density at radius 1 is 0.940 bits per heavy atom. The lowest BCUT2D eigenvalue weighted by Gasteiger charge is -2.48. The number of phosphoric ester groups is 1. The lowest BCUT2D eigenvalue weighted by Crippen LogP contribution is -2.69. The van der Waals surface area contributed by atoms with E-state index in [4.69, 9.17) is 57.4 Å². The zero-order valence-corrected chi connectivity index (χ0v) is 37.1. The van der Waals surface area contributed by atoms with Gasteiger partial charge < -0.3 is 63.9 Å². The first-order valence-electron chi connectivity index (χ1n) is 19.1. The third-order valence-electron chi connectivity index (χ3n) is 8.80. The molecule has 0 radical (unpaired) electrons. The van der Waals surface area contributed by atoms with Gasteiger partial charge in [0, 0.05) is 47.7 Å². The van der Waals surface area contributed by atoms with E-state index in [1.807, 2.05) is 0 Å². The van der Waals surface area contributed by atoms with E-state index in [0.717, 1.165) is 58.4 Å². The van der Waals surface area contributed by atoms with Crippen LogP contribution in [-0.4, -0.2) is 156 Å². The first kappa shape index (κ1) is 55.1. The molecule has 374 valence electrons. The van der Waals surface area contributed by atoms with E-state index in [1.54, 1.807) is 0 Å². The minimum atomic E-state index is -5.96. The summed E-state index contributed by atoms with van der Waals surface area (Å²) in [6, 6.07) is -0.960. The van der Waals surface area contributed by atoms with Gasteiger partial charge in [0.1, 0.15) is 30.7 Å². The molecule has 0 aliphatic carbocycles. The summed E-state index contributed by atoms with van der Waals surface area (Å²) in [7, 11) is -5.28. The Bertz CT molecular complexity index is 2180. The second-order valence-corrected chi connectivity index (χ2v) is 15.5. The molecule has 2 aliphatic rings. The van der Waals surface area contributed by atoms with Crippen LogP contribution in [0.4, 0.5) is 19.0 Å². The maximum atomic E-state index is 14.0. The van der Waals surface area contributed by atoms with Crippen molar-refractivity contribution in [2.24, 2.45) is 0 Å². The van der Waals surface area contributed by atoms with Crippen LogP contribution >= 0.6 is 7.82 Å². The number of aromatic nitrogens is 2. The molecule has 0 aromatic carbocycles. The molecule has 1 aromatic rings. The van der Waals surface area contributed by atoms with E-state index in [-0.39, 0.29) is 5.82 Å². The third kappa shape index (κ3) is 15.7. The van der Waals surface area contributed by atoms with Crippen molar-refractivity contribution in [3.63, 3.8) is 0 Å². The fraction of sp³-hybridized carbons (Fsp3) is 0.629. The summed E-state index contributed by atoms with van der Waals surface area (Å²) in [5.74, 6) is -16.3. The Balaban J connectivity index is 2.19. The predicted octanol–water partition coefficient (Wildman–Crippen LogP) is -2.10. The minimum Gasteiger partial charge on any atom is -0.465 e. The van der Waals surface area contributed by atoms with Crippen molar-refractivity contribution in [3.8, 4) is 0 Å². The topological polar surface area (TPSA) is 377 Å². The van der Waals surface area contributed by atoms with Gasteiger partial charge in [-0.3, -0.25) is 47.4 Å². The van der Waals surface area contributed by atoms with Crippen LogP contribution in [0.2, 0.25) is 0 Å². The lowest BCUT2D eigenvalue weighted by molar-refractivity contribution is -0.293. The van der Waals surface area contributed by atoms with Crippen LogP contribution in [0, 0.1) is 0 Å². The first-order valence-corrected chi connectivity index (χ1v) is 20.6. The molecule has 67 heavy (non-hydrogen) atoms. The van der Waals surface area contributed by atoms with Crippen LogP contribution in [0.5, 0.6) is 0 Å². The van der Waals surface area contributed by atoms with Crippen LogP contribution < -0.4 is 22.1 Å². The van der Waals surface area contributed by atoms with Crippen molar-refractivity contribution in [1.29, 1.82) is 0 Å². The SMILES string of the molecule is COC(=O)[C@]1(OP(=O)(O)OC[C@H]2O[C@@H](n3ccc(N)nc3=O)[C@H](OC(C)=O)[C@@H]2OC(C)=O)C[C@H](OC(C)=O)[C@@H](NC(=O)CNC(=O)C(F)(F)F)[C@H]([C@H](OC(C)=O)[C@@H](COC(C)=O)OC(C)=O)O1. The van der Waals surface area contributed by atoms with Crippen LogP contribution in [0.3, 0.4) is 0 Å². The molecule has 5 N–H and O–H groups in total. The second kappa shape index (κ2) is 23.0. The Kier molecular flexibility index (Phi) is 18.9. The van der Waals surface area contributed by atoms with Crippen LogP contribution in [0.1, 0.15) is 54.2 Å². The fourth-order valence-corrected chi connectivity index (χ4v) is 7.42. The number of nitrogens with zero attached hydrogens (tertiary/aromatic N) is 2. The Morgan fingerprint density at radius 3 is 2.06 bits per heavy atom. The highest BCUT2D eigenvalue weighted by Gasteiger charge is 2.62. The number of nitrogens with one attached hydrogen (secondary N) is 2. The first-order chi connectivity index (χ1) is 31.0. The summed E-state index contributed by atoms with van der Waals surface area (Å²) < 4.78 is 112. The van der Waals surface area contributed by atoms with Gasteiger partial charge in [-0.1, -0.05) is 0 Å². The number of alkyl halides is 3. The molecule has 0 bridgehead atoms. The Hall–Kier alpha value is -6.27. The fourth-order valence-electron chi connectivity index (χ4n) is 6.47. The van der Waals surface area contributed by atoms with Gasteiger partial charge in [0.25, 0.3) is 5.79 Å². The molecule has 0 saturated carbocycles. The Labute approximate surface area is 375 Å². The Morgan fingerprint density at radius 2 is 1.54 bits per heavy atom. The number of phosphoric acid groups is 1. The van der Waals surface area contributed by atoms with Crippen molar-refractivity contribution < 1.29 is 117 Å². The molecular weight excluding hydrogens is 946 g/mol.